The normalized spacial score (nSPS) is 10.6. The minimum atomic E-state index is -0.196. The highest BCUT2D eigenvalue weighted by Crippen LogP contribution is 2.25. The summed E-state index contributed by atoms with van der Waals surface area (Å²) < 4.78 is 0. The van der Waals surface area contributed by atoms with Crippen molar-refractivity contribution in [2.45, 2.75) is 27.7 Å². The number of aryl methyl sites for hydroxylation is 3. The molecule has 2 aromatic carbocycles. The van der Waals surface area contributed by atoms with Gasteiger partial charge in [0.2, 0.25) is 0 Å². The van der Waals surface area contributed by atoms with E-state index in [1.165, 1.54) is 16.9 Å². The molecule has 1 heterocycles. The number of benzene rings is 2. The summed E-state index contributed by atoms with van der Waals surface area (Å²) in [7, 11) is 0. The maximum Gasteiger partial charge on any atom is 0.275 e. The number of amides is 1. The van der Waals surface area contributed by atoms with Gasteiger partial charge >= 0.3 is 0 Å². The lowest BCUT2D eigenvalue weighted by Gasteiger charge is -2.09. The van der Waals surface area contributed by atoms with Gasteiger partial charge in [-0.05, 0) is 56.5 Å². The van der Waals surface area contributed by atoms with Crippen LogP contribution in [0.2, 0.25) is 0 Å². The second-order valence-corrected chi connectivity index (χ2v) is 7.04. The zero-order valence-corrected chi connectivity index (χ0v) is 15.6. The molecule has 0 unspecified atom stereocenters. The van der Waals surface area contributed by atoms with Crippen LogP contribution in [0.5, 0.6) is 0 Å². The van der Waals surface area contributed by atoms with Gasteiger partial charge < -0.3 is 10.6 Å². The molecule has 0 fully saturated rings. The van der Waals surface area contributed by atoms with E-state index in [1.807, 2.05) is 38.1 Å². The van der Waals surface area contributed by atoms with E-state index in [4.69, 9.17) is 0 Å². The molecule has 0 aliphatic heterocycles. The SMILES string of the molecule is Cc1ccc(Nc2nc(C(=O)Nc3cccc(C)c3C)cs2)c(C)c1. The third-order valence-electron chi connectivity index (χ3n) is 4.21. The Hall–Kier alpha value is -2.66. The summed E-state index contributed by atoms with van der Waals surface area (Å²) >= 11 is 1.42. The average molecular weight is 351 g/mol. The predicted molar refractivity (Wildman–Crippen MR) is 105 cm³/mol. The zero-order valence-electron chi connectivity index (χ0n) is 14.8. The number of rotatable bonds is 4. The van der Waals surface area contributed by atoms with E-state index in [1.54, 1.807) is 5.38 Å². The Morgan fingerprint density at radius 1 is 1.00 bits per heavy atom. The van der Waals surface area contributed by atoms with Crippen molar-refractivity contribution in [2.24, 2.45) is 0 Å². The van der Waals surface area contributed by atoms with Crippen LogP contribution in [0.25, 0.3) is 0 Å². The number of nitrogens with zero attached hydrogens (tertiary/aromatic N) is 1. The fraction of sp³-hybridized carbons (Fsp3) is 0.200. The Bertz CT molecular complexity index is 930. The summed E-state index contributed by atoms with van der Waals surface area (Å²) in [6.45, 7) is 8.14. The number of thiazole rings is 1. The minimum absolute atomic E-state index is 0.196. The van der Waals surface area contributed by atoms with Crippen LogP contribution < -0.4 is 10.6 Å². The first-order valence-corrected chi connectivity index (χ1v) is 8.99. The maximum atomic E-state index is 12.5. The van der Waals surface area contributed by atoms with Crippen molar-refractivity contribution >= 4 is 33.8 Å². The van der Waals surface area contributed by atoms with Gasteiger partial charge in [-0.1, -0.05) is 29.8 Å². The summed E-state index contributed by atoms with van der Waals surface area (Å²) in [6.07, 6.45) is 0. The van der Waals surface area contributed by atoms with Gasteiger partial charge in [-0.15, -0.1) is 11.3 Å². The lowest BCUT2D eigenvalue weighted by atomic mass is 10.1. The number of anilines is 3. The number of nitrogens with one attached hydrogen (secondary N) is 2. The Balaban J connectivity index is 1.74. The monoisotopic (exact) mass is 351 g/mol. The Morgan fingerprint density at radius 2 is 1.80 bits per heavy atom. The molecule has 0 atom stereocenters. The Morgan fingerprint density at radius 3 is 2.56 bits per heavy atom. The van der Waals surface area contributed by atoms with Crippen molar-refractivity contribution in [1.82, 2.24) is 4.98 Å². The highest BCUT2D eigenvalue weighted by atomic mass is 32.1. The summed E-state index contributed by atoms with van der Waals surface area (Å²) in [5, 5.41) is 8.70. The van der Waals surface area contributed by atoms with E-state index in [0.29, 0.717) is 10.8 Å². The van der Waals surface area contributed by atoms with Gasteiger partial charge in [0.1, 0.15) is 5.69 Å². The number of aromatic nitrogens is 1. The first-order chi connectivity index (χ1) is 11.9. The standard InChI is InChI=1S/C20H21N3OS/c1-12-8-9-16(14(3)10-12)22-20-23-18(11-25-20)19(24)21-17-7-5-6-13(2)15(17)4/h5-11H,1-4H3,(H,21,24)(H,22,23). The molecule has 3 aromatic rings. The highest BCUT2D eigenvalue weighted by molar-refractivity contribution is 7.14. The molecule has 0 aliphatic carbocycles. The van der Waals surface area contributed by atoms with Crippen LogP contribution in [-0.4, -0.2) is 10.9 Å². The third-order valence-corrected chi connectivity index (χ3v) is 4.97. The fourth-order valence-corrected chi connectivity index (χ4v) is 3.28. The van der Waals surface area contributed by atoms with Crippen molar-refractivity contribution in [3.8, 4) is 0 Å². The van der Waals surface area contributed by atoms with Crippen LogP contribution in [0.15, 0.2) is 41.8 Å². The van der Waals surface area contributed by atoms with Crippen LogP contribution in [0, 0.1) is 27.7 Å². The molecule has 1 aromatic heterocycles. The predicted octanol–water partition coefficient (Wildman–Crippen LogP) is 5.37. The molecular weight excluding hydrogens is 330 g/mol. The summed E-state index contributed by atoms with van der Waals surface area (Å²) in [6, 6.07) is 12.1. The summed E-state index contributed by atoms with van der Waals surface area (Å²) in [5.41, 5.74) is 6.82. The van der Waals surface area contributed by atoms with Crippen LogP contribution in [-0.2, 0) is 0 Å². The van der Waals surface area contributed by atoms with Gasteiger partial charge in [0.15, 0.2) is 5.13 Å². The number of carbonyl (C=O) groups is 1. The molecule has 0 saturated heterocycles. The number of hydrogen-bond acceptors (Lipinski definition) is 4. The smallest absolute Gasteiger partial charge is 0.275 e. The highest BCUT2D eigenvalue weighted by Gasteiger charge is 2.13. The van der Waals surface area contributed by atoms with E-state index in [-0.39, 0.29) is 5.91 Å². The molecule has 5 heteroatoms. The molecule has 0 radical (unpaired) electrons. The van der Waals surface area contributed by atoms with Crippen molar-refractivity contribution < 1.29 is 4.79 Å². The molecular formula is C20H21N3OS. The third kappa shape index (κ3) is 3.88. The molecule has 0 spiro atoms. The molecule has 128 valence electrons. The lowest BCUT2D eigenvalue weighted by Crippen LogP contribution is -2.13. The lowest BCUT2D eigenvalue weighted by molar-refractivity contribution is 0.102. The van der Waals surface area contributed by atoms with Crippen molar-refractivity contribution in [1.29, 1.82) is 0 Å². The van der Waals surface area contributed by atoms with Crippen molar-refractivity contribution in [3.05, 3.63) is 69.7 Å². The van der Waals surface area contributed by atoms with Crippen LogP contribution in [0.4, 0.5) is 16.5 Å². The second kappa shape index (κ2) is 7.07. The molecule has 25 heavy (non-hydrogen) atoms. The quantitative estimate of drug-likeness (QED) is 0.664. The largest absolute Gasteiger partial charge is 0.331 e. The summed E-state index contributed by atoms with van der Waals surface area (Å²) in [4.78, 5) is 16.9. The molecule has 3 rings (SSSR count). The fourth-order valence-electron chi connectivity index (χ4n) is 2.58. The Labute approximate surface area is 151 Å². The minimum Gasteiger partial charge on any atom is -0.331 e. The first-order valence-electron chi connectivity index (χ1n) is 8.11. The van der Waals surface area contributed by atoms with E-state index in [0.717, 1.165) is 28.1 Å². The van der Waals surface area contributed by atoms with E-state index >= 15 is 0 Å². The molecule has 0 aliphatic rings. The maximum absolute atomic E-state index is 12.5. The van der Waals surface area contributed by atoms with Crippen LogP contribution in [0.3, 0.4) is 0 Å². The van der Waals surface area contributed by atoms with E-state index in [2.05, 4.69) is 41.6 Å². The van der Waals surface area contributed by atoms with Gasteiger partial charge in [-0.25, -0.2) is 4.98 Å². The molecule has 0 bridgehead atoms. The molecule has 4 nitrogen and oxygen atoms in total. The number of hydrogen-bond donors (Lipinski definition) is 2. The van der Waals surface area contributed by atoms with E-state index in [9.17, 15) is 4.79 Å². The van der Waals surface area contributed by atoms with Crippen molar-refractivity contribution in [3.63, 3.8) is 0 Å². The Kier molecular flexibility index (Phi) is 4.86. The number of carbonyl (C=O) groups excluding carboxylic acids is 1. The second-order valence-electron chi connectivity index (χ2n) is 6.18. The molecule has 1 amide bonds. The van der Waals surface area contributed by atoms with Gasteiger partial charge in [-0.3, -0.25) is 4.79 Å². The summed E-state index contributed by atoms with van der Waals surface area (Å²) in [5.74, 6) is -0.196. The molecule has 2 N–H and O–H groups in total. The van der Waals surface area contributed by atoms with Crippen LogP contribution in [0.1, 0.15) is 32.7 Å². The average Bonchev–Trinajstić information content (AvgIpc) is 3.03. The van der Waals surface area contributed by atoms with Gasteiger partial charge in [-0.2, -0.15) is 0 Å². The van der Waals surface area contributed by atoms with Gasteiger partial charge in [0, 0.05) is 16.8 Å². The van der Waals surface area contributed by atoms with Gasteiger partial charge in [0.25, 0.3) is 5.91 Å². The molecule has 0 saturated carbocycles. The van der Waals surface area contributed by atoms with Gasteiger partial charge in [0.05, 0.1) is 0 Å². The van der Waals surface area contributed by atoms with Crippen molar-refractivity contribution in [2.75, 3.05) is 10.6 Å². The zero-order chi connectivity index (χ0) is 18.0. The van der Waals surface area contributed by atoms with Crippen LogP contribution >= 0.6 is 11.3 Å². The first kappa shape index (κ1) is 17.2. The van der Waals surface area contributed by atoms with E-state index < -0.39 is 0 Å². The topological polar surface area (TPSA) is 54.0 Å².